The summed E-state index contributed by atoms with van der Waals surface area (Å²) in [6.07, 6.45) is -1.23. The summed E-state index contributed by atoms with van der Waals surface area (Å²) < 4.78 is 8.18. The molecule has 7 nitrogen and oxygen atoms in total. The van der Waals surface area contributed by atoms with Crippen molar-refractivity contribution in [3.05, 3.63) is 51.9 Å². The monoisotopic (exact) mass is 506 g/mol. The van der Waals surface area contributed by atoms with Crippen molar-refractivity contribution in [2.45, 2.75) is 30.7 Å². The van der Waals surface area contributed by atoms with Gasteiger partial charge in [0.15, 0.2) is 0 Å². The van der Waals surface area contributed by atoms with Crippen LogP contribution in [-0.2, 0) is 9.47 Å². The lowest BCUT2D eigenvalue weighted by Gasteiger charge is -2.27. The Hall–Kier alpha value is -2.00. The first kappa shape index (κ1) is 25.3. The van der Waals surface area contributed by atoms with E-state index in [1.54, 1.807) is 51.1 Å². The first-order chi connectivity index (χ1) is 14.6. The molecule has 2 aromatic rings. The summed E-state index contributed by atoms with van der Waals surface area (Å²) in [4.78, 5) is 37.7. The van der Waals surface area contributed by atoms with Gasteiger partial charge in [-0.05, 0) is 38.5 Å². The largest absolute Gasteiger partial charge is 0.462 e. The van der Waals surface area contributed by atoms with E-state index in [1.165, 1.54) is 0 Å². The van der Waals surface area contributed by atoms with Gasteiger partial charge in [-0.25, -0.2) is 9.59 Å². The number of halogens is 3. The Balaban J connectivity index is 2.42. The normalized spacial score (nSPS) is 12.1. The average molecular weight is 508 g/mol. The van der Waals surface area contributed by atoms with Gasteiger partial charge in [0, 0.05) is 5.56 Å². The van der Waals surface area contributed by atoms with Gasteiger partial charge in [0.1, 0.15) is 16.0 Å². The second-order valence-electron chi connectivity index (χ2n) is 6.16. The van der Waals surface area contributed by atoms with Gasteiger partial charge in [0.05, 0.1) is 18.8 Å². The number of alkyl halides is 3. The fraction of sp³-hybridized carbons (Fsp3) is 0.350. The van der Waals surface area contributed by atoms with E-state index >= 15 is 0 Å². The zero-order valence-electron chi connectivity index (χ0n) is 17.0. The van der Waals surface area contributed by atoms with Crippen molar-refractivity contribution in [2.75, 3.05) is 18.5 Å². The zero-order chi connectivity index (χ0) is 23.2. The van der Waals surface area contributed by atoms with E-state index in [2.05, 4.69) is 10.6 Å². The van der Waals surface area contributed by atoms with E-state index in [0.29, 0.717) is 11.1 Å². The number of esters is 2. The van der Waals surface area contributed by atoms with Crippen molar-refractivity contribution in [3.8, 4) is 0 Å². The van der Waals surface area contributed by atoms with Crippen molar-refractivity contribution in [1.29, 1.82) is 0 Å². The maximum atomic E-state index is 12.6. The van der Waals surface area contributed by atoms with E-state index in [4.69, 9.17) is 44.3 Å². The Morgan fingerprint density at radius 1 is 1.03 bits per heavy atom. The van der Waals surface area contributed by atoms with Gasteiger partial charge in [0.2, 0.25) is 3.79 Å². The molecule has 2 N–H and O–H groups in total. The maximum absolute atomic E-state index is 12.6. The standard InChI is InChI=1S/C20H21Cl3N2O5S/c1-4-29-17(27)13-11(3)14(18(28)30-5-2)31-16(13)25-19(20(21,22)23)24-15(26)12-9-7-6-8-10-12/h6-10,19,25H,4-5H2,1-3H3,(H,24,26). The van der Waals surface area contributed by atoms with Crippen LogP contribution in [0, 0.1) is 6.92 Å². The minimum atomic E-state index is -1.99. The first-order valence-corrected chi connectivity index (χ1v) is 11.2. The third kappa shape index (κ3) is 6.49. The van der Waals surface area contributed by atoms with Crippen LogP contribution in [0.1, 0.15) is 49.8 Å². The molecule has 0 fully saturated rings. The van der Waals surface area contributed by atoms with Crippen molar-refractivity contribution < 1.29 is 23.9 Å². The molecule has 1 unspecified atom stereocenters. The fourth-order valence-electron chi connectivity index (χ4n) is 2.59. The molecule has 0 aliphatic rings. The van der Waals surface area contributed by atoms with Crippen LogP contribution in [-0.4, -0.2) is 41.0 Å². The summed E-state index contributed by atoms with van der Waals surface area (Å²) in [5, 5.41) is 5.66. The molecular weight excluding hydrogens is 487 g/mol. The highest BCUT2D eigenvalue weighted by Gasteiger charge is 2.37. The highest BCUT2D eigenvalue weighted by Crippen LogP contribution is 2.38. The number of thiophene rings is 1. The van der Waals surface area contributed by atoms with Crippen molar-refractivity contribution in [3.63, 3.8) is 0 Å². The lowest BCUT2D eigenvalue weighted by Crippen LogP contribution is -2.49. The number of anilines is 1. The third-order valence-corrected chi connectivity index (χ3v) is 5.86. The minimum absolute atomic E-state index is 0.100. The minimum Gasteiger partial charge on any atom is -0.462 e. The number of hydrogen-bond acceptors (Lipinski definition) is 7. The predicted molar refractivity (Wildman–Crippen MR) is 123 cm³/mol. The van der Waals surface area contributed by atoms with Crippen molar-refractivity contribution in [2.24, 2.45) is 0 Å². The quantitative estimate of drug-likeness (QED) is 0.298. The van der Waals surface area contributed by atoms with Crippen LogP contribution in [0.15, 0.2) is 30.3 Å². The molecule has 11 heteroatoms. The van der Waals surface area contributed by atoms with Crippen LogP contribution < -0.4 is 10.6 Å². The first-order valence-electron chi connectivity index (χ1n) is 9.26. The Kier molecular flexibility index (Phi) is 9.00. The van der Waals surface area contributed by atoms with Gasteiger partial charge in [0.25, 0.3) is 5.91 Å². The van der Waals surface area contributed by atoms with Gasteiger partial charge in [-0.1, -0.05) is 53.0 Å². The maximum Gasteiger partial charge on any atom is 0.348 e. The number of rotatable bonds is 8. The van der Waals surface area contributed by atoms with Crippen LogP contribution >= 0.6 is 46.1 Å². The molecule has 0 aliphatic heterocycles. The van der Waals surface area contributed by atoms with E-state index in [9.17, 15) is 14.4 Å². The molecule has 0 bridgehead atoms. The Morgan fingerprint density at radius 2 is 1.61 bits per heavy atom. The summed E-state index contributed by atoms with van der Waals surface area (Å²) in [6, 6.07) is 8.35. The molecule has 0 spiro atoms. The number of ether oxygens (including phenoxy) is 2. The molecule has 1 heterocycles. The molecule has 1 aromatic heterocycles. The number of carbonyl (C=O) groups excluding carboxylic acids is 3. The van der Waals surface area contributed by atoms with E-state index in [1.807, 2.05) is 0 Å². The van der Waals surface area contributed by atoms with Crippen LogP contribution in [0.5, 0.6) is 0 Å². The number of benzene rings is 1. The smallest absolute Gasteiger partial charge is 0.348 e. The molecule has 168 valence electrons. The van der Waals surface area contributed by atoms with Gasteiger partial charge in [-0.3, -0.25) is 4.79 Å². The van der Waals surface area contributed by atoms with Crippen LogP contribution in [0.3, 0.4) is 0 Å². The number of amides is 1. The van der Waals surface area contributed by atoms with Crippen LogP contribution in [0.4, 0.5) is 5.00 Å². The molecular formula is C20H21Cl3N2O5S. The molecule has 0 saturated heterocycles. The highest BCUT2D eigenvalue weighted by molar-refractivity contribution is 7.18. The van der Waals surface area contributed by atoms with Gasteiger partial charge in [-0.15, -0.1) is 11.3 Å². The molecule has 31 heavy (non-hydrogen) atoms. The van der Waals surface area contributed by atoms with Gasteiger partial charge in [-0.2, -0.15) is 0 Å². The summed E-state index contributed by atoms with van der Waals surface area (Å²) in [5.41, 5.74) is 0.814. The van der Waals surface area contributed by atoms with E-state index < -0.39 is 27.8 Å². The SMILES string of the molecule is CCOC(=O)c1sc(NC(NC(=O)c2ccccc2)C(Cl)(Cl)Cl)c(C(=O)OCC)c1C. The molecule has 0 radical (unpaired) electrons. The topological polar surface area (TPSA) is 93.7 Å². The number of nitrogens with one attached hydrogen (secondary N) is 2. The Morgan fingerprint density at radius 3 is 2.16 bits per heavy atom. The highest BCUT2D eigenvalue weighted by atomic mass is 35.6. The van der Waals surface area contributed by atoms with E-state index in [-0.39, 0.29) is 28.7 Å². The second-order valence-corrected chi connectivity index (χ2v) is 9.55. The van der Waals surface area contributed by atoms with E-state index in [0.717, 1.165) is 11.3 Å². The predicted octanol–water partition coefficient (Wildman–Crippen LogP) is 4.95. The molecule has 1 atom stereocenters. The molecule has 1 amide bonds. The fourth-order valence-corrected chi connectivity index (χ4v) is 4.03. The second kappa shape index (κ2) is 11.0. The molecule has 1 aromatic carbocycles. The lowest BCUT2D eigenvalue weighted by atomic mass is 10.1. The van der Waals surface area contributed by atoms with Crippen LogP contribution in [0.25, 0.3) is 0 Å². The van der Waals surface area contributed by atoms with Crippen molar-refractivity contribution >= 4 is 69.0 Å². The summed E-state index contributed by atoms with van der Waals surface area (Å²) in [6.45, 7) is 5.21. The lowest BCUT2D eigenvalue weighted by molar-refractivity contribution is 0.0527. The average Bonchev–Trinajstić information content (AvgIpc) is 3.04. The van der Waals surface area contributed by atoms with Gasteiger partial charge < -0.3 is 20.1 Å². The Bertz CT molecular complexity index is 944. The molecule has 0 saturated carbocycles. The van der Waals surface area contributed by atoms with Gasteiger partial charge >= 0.3 is 11.9 Å². The van der Waals surface area contributed by atoms with Crippen LogP contribution in [0.2, 0.25) is 0 Å². The number of hydrogen-bond donors (Lipinski definition) is 2. The number of carbonyl (C=O) groups is 3. The summed E-state index contributed by atoms with van der Waals surface area (Å²) >= 11 is 19.2. The third-order valence-electron chi connectivity index (χ3n) is 4.00. The molecule has 0 aliphatic carbocycles. The summed E-state index contributed by atoms with van der Waals surface area (Å²) in [7, 11) is 0. The summed E-state index contributed by atoms with van der Waals surface area (Å²) in [5.74, 6) is -1.75. The zero-order valence-corrected chi connectivity index (χ0v) is 20.0. The Labute approximate surface area is 198 Å². The molecule has 2 rings (SSSR count). The van der Waals surface area contributed by atoms with Crippen molar-refractivity contribution in [1.82, 2.24) is 5.32 Å².